The first-order valence-corrected chi connectivity index (χ1v) is 7.31. The number of hydrogen-bond donors (Lipinski definition) is 2. The molecule has 0 atom stereocenters. The largest absolute Gasteiger partial charge is 0.370 e. The van der Waals surface area contributed by atoms with Crippen LogP contribution in [0.1, 0.15) is 18.4 Å². The Morgan fingerprint density at radius 1 is 1.48 bits per heavy atom. The van der Waals surface area contributed by atoms with E-state index in [4.69, 9.17) is 17.3 Å². The summed E-state index contributed by atoms with van der Waals surface area (Å²) >= 11 is 6.05. The number of H-pyrrole nitrogens is 1. The number of rotatable bonds is 4. The van der Waals surface area contributed by atoms with Crippen molar-refractivity contribution in [3.63, 3.8) is 0 Å². The van der Waals surface area contributed by atoms with Crippen molar-refractivity contribution in [2.24, 2.45) is 10.7 Å². The van der Waals surface area contributed by atoms with E-state index < -0.39 is 0 Å². The minimum Gasteiger partial charge on any atom is -0.370 e. The molecule has 1 saturated carbocycles. The third kappa shape index (κ3) is 3.83. The zero-order valence-corrected chi connectivity index (χ0v) is 15.1. The van der Waals surface area contributed by atoms with Gasteiger partial charge in [0.15, 0.2) is 5.96 Å². The number of nitrogens with one attached hydrogen (secondary N) is 1. The van der Waals surface area contributed by atoms with Gasteiger partial charge in [0, 0.05) is 41.8 Å². The zero-order valence-electron chi connectivity index (χ0n) is 12.0. The molecular formula is C15H20ClIN4. The van der Waals surface area contributed by atoms with Gasteiger partial charge in [0.2, 0.25) is 0 Å². The smallest absolute Gasteiger partial charge is 0.191 e. The van der Waals surface area contributed by atoms with Gasteiger partial charge in [-0.1, -0.05) is 11.6 Å². The second kappa shape index (κ2) is 6.87. The Hall–Kier alpha value is -0.950. The normalized spacial score (nSPS) is 15.0. The summed E-state index contributed by atoms with van der Waals surface area (Å²) in [7, 11) is 2.02. The number of nitrogens with two attached hydrogens (primary N) is 1. The third-order valence-corrected chi connectivity index (χ3v) is 4.08. The van der Waals surface area contributed by atoms with Crippen molar-refractivity contribution >= 4 is 52.4 Å². The lowest BCUT2D eigenvalue weighted by Gasteiger charge is -2.16. The monoisotopic (exact) mass is 418 g/mol. The van der Waals surface area contributed by atoms with Crippen LogP contribution in [0.2, 0.25) is 5.02 Å². The fourth-order valence-corrected chi connectivity index (χ4v) is 2.58. The van der Waals surface area contributed by atoms with Crippen LogP contribution in [-0.4, -0.2) is 35.5 Å². The van der Waals surface area contributed by atoms with Crippen LogP contribution in [0.3, 0.4) is 0 Å². The highest BCUT2D eigenvalue weighted by molar-refractivity contribution is 14.0. The average Bonchev–Trinajstić information content (AvgIpc) is 3.21. The van der Waals surface area contributed by atoms with Crippen molar-refractivity contribution in [2.75, 3.05) is 13.6 Å². The molecule has 0 aliphatic heterocycles. The van der Waals surface area contributed by atoms with Crippen LogP contribution in [0, 0.1) is 0 Å². The van der Waals surface area contributed by atoms with Gasteiger partial charge >= 0.3 is 0 Å². The zero-order chi connectivity index (χ0) is 14.1. The lowest BCUT2D eigenvalue weighted by Crippen LogP contribution is -2.35. The quantitative estimate of drug-likeness (QED) is 0.454. The summed E-state index contributed by atoms with van der Waals surface area (Å²) in [6.07, 6.45) is 5.35. The Morgan fingerprint density at radius 3 is 2.95 bits per heavy atom. The van der Waals surface area contributed by atoms with Gasteiger partial charge < -0.3 is 15.6 Å². The van der Waals surface area contributed by atoms with E-state index in [0.717, 1.165) is 17.0 Å². The number of benzene rings is 1. The van der Waals surface area contributed by atoms with E-state index in [2.05, 4.69) is 14.9 Å². The highest BCUT2D eigenvalue weighted by Crippen LogP contribution is 2.25. The summed E-state index contributed by atoms with van der Waals surface area (Å²) in [5.74, 6) is 0.644. The molecule has 3 rings (SSSR count). The molecule has 1 aliphatic rings. The second-order valence-electron chi connectivity index (χ2n) is 5.34. The number of fused-ring (bicyclic) bond motifs is 1. The van der Waals surface area contributed by atoms with E-state index in [1.54, 1.807) is 0 Å². The van der Waals surface area contributed by atoms with Crippen molar-refractivity contribution < 1.29 is 0 Å². The van der Waals surface area contributed by atoms with E-state index in [1.165, 1.54) is 23.8 Å². The molecule has 4 nitrogen and oxygen atoms in total. The minimum absolute atomic E-state index is 0. The number of aliphatic imine (C=N–C) groups is 1. The molecule has 1 heterocycles. The Bertz CT molecular complexity index is 648. The van der Waals surface area contributed by atoms with Crippen molar-refractivity contribution in [3.8, 4) is 0 Å². The Balaban J connectivity index is 0.00000161. The second-order valence-corrected chi connectivity index (χ2v) is 5.77. The van der Waals surface area contributed by atoms with Gasteiger partial charge in [0.05, 0.1) is 0 Å². The lowest BCUT2D eigenvalue weighted by atomic mass is 10.1. The molecule has 0 spiro atoms. The van der Waals surface area contributed by atoms with Gasteiger partial charge in [-0.05, 0) is 43.0 Å². The standard InChI is InChI=1S/C15H19ClN4.HI/c1-20(12-3-4-12)15(17)18-7-6-10-9-19-14-5-2-11(16)8-13(10)14;/h2,5,8-9,12,19H,3-4,6-7H2,1H3,(H2,17,18);1H. The molecule has 3 N–H and O–H groups in total. The molecule has 114 valence electrons. The molecule has 6 heteroatoms. The molecule has 0 bridgehead atoms. The summed E-state index contributed by atoms with van der Waals surface area (Å²) in [5, 5.41) is 1.93. The van der Waals surface area contributed by atoms with E-state index in [9.17, 15) is 0 Å². The lowest BCUT2D eigenvalue weighted by molar-refractivity contribution is 0.487. The van der Waals surface area contributed by atoms with Crippen molar-refractivity contribution in [3.05, 3.63) is 35.0 Å². The Morgan fingerprint density at radius 2 is 2.24 bits per heavy atom. The summed E-state index contributed by atoms with van der Waals surface area (Å²) in [6, 6.07) is 6.49. The summed E-state index contributed by atoms with van der Waals surface area (Å²) < 4.78 is 0. The number of guanidine groups is 1. The van der Waals surface area contributed by atoms with Gasteiger partial charge in [0.1, 0.15) is 0 Å². The van der Waals surface area contributed by atoms with Crippen LogP contribution in [0.25, 0.3) is 10.9 Å². The summed E-state index contributed by atoms with van der Waals surface area (Å²) in [6.45, 7) is 0.697. The molecule has 0 unspecified atom stereocenters. The number of hydrogen-bond acceptors (Lipinski definition) is 1. The van der Waals surface area contributed by atoms with E-state index >= 15 is 0 Å². The third-order valence-electron chi connectivity index (χ3n) is 3.84. The predicted octanol–water partition coefficient (Wildman–Crippen LogP) is 3.39. The maximum Gasteiger partial charge on any atom is 0.191 e. The molecular weight excluding hydrogens is 399 g/mol. The first-order chi connectivity index (χ1) is 9.65. The summed E-state index contributed by atoms with van der Waals surface area (Å²) in [4.78, 5) is 9.79. The van der Waals surface area contributed by atoms with Gasteiger partial charge in [-0.15, -0.1) is 24.0 Å². The van der Waals surface area contributed by atoms with E-state index in [1.807, 2.05) is 31.4 Å². The van der Waals surface area contributed by atoms with Crippen molar-refractivity contribution in [1.29, 1.82) is 0 Å². The van der Waals surface area contributed by atoms with Gasteiger partial charge in [-0.2, -0.15) is 0 Å². The van der Waals surface area contributed by atoms with Crippen LogP contribution in [0.4, 0.5) is 0 Å². The Labute approximate surface area is 146 Å². The number of halogens is 2. The molecule has 21 heavy (non-hydrogen) atoms. The van der Waals surface area contributed by atoms with E-state index in [-0.39, 0.29) is 24.0 Å². The topological polar surface area (TPSA) is 57.4 Å². The molecule has 0 radical (unpaired) electrons. The van der Waals surface area contributed by atoms with Crippen molar-refractivity contribution in [2.45, 2.75) is 25.3 Å². The van der Waals surface area contributed by atoms with Gasteiger partial charge in [0.25, 0.3) is 0 Å². The maximum atomic E-state index is 6.05. The fourth-order valence-electron chi connectivity index (χ4n) is 2.41. The predicted molar refractivity (Wildman–Crippen MR) is 99.7 cm³/mol. The molecule has 1 aliphatic carbocycles. The van der Waals surface area contributed by atoms with Crippen LogP contribution >= 0.6 is 35.6 Å². The number of aromatic nitrogens is 1. The summed E-state index contributed by atoms with van der Waals surface area (Å²) in [5.41, 5.74) is 8.32. The maximum absolute atomic E-state index is 6.05. The molecule has 1 aromatic carbocycles. The molecule has 0 saturated heterocycles. The fraction of sp³-hybridized carbons (Fsp3) is 0.400. The van der Waals surface area contributed by atoms with E-state index in [0.29, 0.717) is 18.5 Å². The van der Waals surface area contributed by atoms with Crippen LogP contribution in [0.5, 0.6) is 0 Å². The molecule has 1 fully saturated rings. The minimum atomic E-state index is 0. The first kappa shape index (κ1) is 16.4. The number of aromatic amines is 1. The highest BCUT2D eigenvalue weighted by atomic mass is 127. The van der Waals surface area contributed by atoms with Gasteiger partial charge in [-0.3, -0.25) is 4.99 Å². The SMILES string of the molecule is CN(C(N)=NCCc1c[nH]c2ccc(Cl)cc12)C1CC1.I. The van der Waals surface area contributed by atoms with Crippen molar-refractivity contribution in [1.82, 2.24) is 9.88 Å². The number of nitrogens with zero attached hydrogens (tertiary/aromatic N) is 2. The molecule has 1 aromatic heterocycles. The average molecular weight is 419 g/mol. The first-order valence-electron chi connectivity index (χ1n) is 6.93. The van der Waals surface area contributed by atoms with Gasteiger partial charge in [-0.25, -0.2) is 0 Å². The van der Waals surface area contributed by atoms with Crippen LogP contribution in [0.15, 0.2) is 29.4 Å². The Kier molecular flexibility index (Phi) is 5.37. The highest BCUT2D eigenvalue weighted by Gasteiger charge is 2.27. The van der Waals surface area contributed by atoms with Crippen LogP contribution in [-0.2, 0) is 6.42 Å². The molecule has 0 amide bonds. The van der Waals surface area contributed by atoms with Crippen LogP contribution < -0.4 is 5.73 Å². The molecule has 2 aromatic rings.